The first-order valence-electron chi connectivity index (χ1n) is 31.3. The summed E-state index contributed by atoms with van der Waals surface area (Å²) in [5, 5.41) is 9.45. The molecule has 0 saturated carbocycles. The first kappa shape index (κ1) is 66.4. The van der Waals surface area contributed by atoms with Gasteiger partial charge in [0, 0.05) is 30.6 Å². The Morgan fingerprint density at radius 3 is 1.90 bits per heavy atom. The lowest BCUT2D eigenvalue weighted by Crippen LogP contribution is -2.42. The van der Waals surface area contributed by atoms with Crippen molar-refractivity contribution in [3.8, 4) is 29.1 Å². The molecule has 452 valence electrons. The molecule has 1 saturated heterocycles. The summed E-state index contributed by atoms with van der Waals surface area (Å²) in [6, 6.07) is 28.5. The second kappa shape index (κ2) is 32.6. The van der Waals surface area contributed by atoms with Crippen LogP contribution in [0.5, 0.6) is 23.0 Å². The number of likely N-dealkylation sites (tertiary alicyclic amines) is 1. The quantitative estimate of drug-likeness (QED) is 0.0251. The van der Waals surface area contributed by atoms with E-state index >= 15 is 0 Å². The van der Waals surface area contributed by atoms with Crippen LogP contribution in [0, 0.1) is 49.9 Å². The third-order valence-corrected chi connectivity index (χ3v) is 19.6. The van der Waals surface area contributed by atoms with E-state index in [0.29, 0.717) is 26.0 Å². The number of carbonyl (C=O) groups is 1. The molecule has 2 aliphatic rings. The van der Waals surface area contributed by atoms with E-state index < -0.39 is 14.1 Å². The summed E-state index contributed by atoms with van der Waals surface area (Å²) >= 11 is 0. The minimum Gasteiger partial charge on any atom is -0.497 e. The van der Waals surface area contributed by atoms with Crippen molar-refractivity contribution in [2.24, 2.45) is 17.8 Å². The summed E-state index contributed by atoms with van der Waals surface area (Å²) in [6.07, 6.45) is 17.0. The second-order valence-corrected chi connectivity index (χ2v) is 26.5. The number of hydrogen-bond acceptors (Lipinski definition) is 10. The van der Waals surface area contributed by atoms with Gasteiger partial charge in [-0.2, -0.15) is 5.26 Å². The van der Waals surface area contributed by atoms with Crippen molar-refractivity contribution in [3.63, 3.8) is 0 Å². The first-order chi connectivity index (χ1) is 39.3. The van der Waals surface area contributed by atoms with Crippen molar-refractivity contribution >= 4 is 14.4 Å². The molecule has 4 aromatic rings. The molecule has 0 aromatic heterocycles. The van der Waals surface area contributed by atoms with Crippen LogP contribution in [0.3, 0.4) is 0 Å². The molecule has 4 aromatic carbocycles. The van der Waals surface area contributed by atoms with E-state index in [-0.39, 0.29) is 55.4 Å². The van der Waals surface area contributed by atoms with Gasteiger partial charge in [-0.15, -0.1) is 0 Å². The summed E-state index contributed by atoms with van der Waals surface area (Å²) in [5.74, 6) is 6.01. The highest BCUT2D eigenvalue weighted by molar-refractivity contribution is 7.44. The summed E-state index contributed by atoms with van der Waals surface area (Å²) in [6.45, 7) is 28.5. The number of ether oxygens (including phenoxy) is 5. The Bertz CT molecular complexity index is 2530. The molecule has 1 fully saturated rings. The molecule has 0 N–H and O–H groups in total. The molecule has 0 aliphatic carbocycles. The fourth-order valence-corrected chi connectivity index (χ4v) is 14.2. The normalized spacial score (nSPS) is 18.4. The Morgan fingerprint density at radius 2 is 1.33 bits per heavy atom. The smallest absolute Gasteiger partial charge is 0.259 e. The highest BCUT2D eigenvalue weighted by Crippen LogP contribution is 2.50. The topological polar surface area (TPSA) is 112 Å². The Kier molecular flexibility index (Phi) is 26.4. The number of amides is 1. The maximum absolute atomic E-state index is 14.7. The van der Waals surface area contributed by atoms with E-state index in [9.17, 15) is 10.1 Å². The number of fused-ring (bicyclic) bond motifs is 1. The number of hydrogen-bond donors (Lipinski definition) is 0. The van der Waals surface area contributed by atoms with Gasteiger partial charge in [0.25, 0.3) is 8.53 Å². The molecule has 82 heavy (non-hydrogen) atoms. The fourth-order valence-electron chi connectivity index (χ4n) is 12.5. The van der Waals surface area contributed by atoms with Crippen molar-refractivity contribution < 1.29 is 37.5 Å². The average Bonchev–Trinajstić information content (AvgIpc) is 3.99. The van der Waals surface area contributed by atoms with Gasteiger partial charge < -0.3 is 37.6 Å². The SMILES string of the molecule is COc1ccc(C(OC[C@@H]2C[C@@H](OP(OCCC#N)N(C(C)C)C(C)C)CN2C(=O)CCCCCOc2c(C)c(C)c3c(c2C)CC[C@@](C)(CCC[C@H](C)CCC[C@H](C)CCCC(C)C)O3)(c2ccccc2)c2ccc(OC)cc2)cc1. The van der Waals surface area contributed by atoms with E-state index in [0.717, 1.165) is 102 Å². The Labute approximate surface area is 497 Å². The van der Waals surface area contributed by atoms with Gasteiger partial charge in [-0.1, -0.05) is 127 Å². The third kappa shape index (κ3) is 18.2. The zero-order valence-corrected chi connectivity index (χ0v) is 53.8. The van der Waals surface area contributed by atoms with E-state index in [1.165, 1.54) is 68.1 Å². The van der Waals surface area contributed by atoms with Crippen LogP contribution < -0.4 is 18.9 Å². The highest BCUT2D eigenvalue weighted by atomic mass is 31.2. The van der Waals surface area contributed by atoms with Crippen LogP contribution in [0.2, 0.25) is 0 Å². The number of methoxy groups -OCH3 is 2. The highest BCUT2D eigenvalue weighted by Gasteiger charge is 2.44. The van der Waals surface area contributed by atoms with E-state index in [1.807, 2.05) is 47.4 Å². The largest absolute Gasteiger partial charge is 0.497 e. The Balaban J connectivity index is 1.11. The number of rotatable bonds is 35. The second-order valence-electron chi connectivity index (χ2n) is 25.1. The molecule has 2 heterocycles. The zero-order valence-electron chi connectivity index (χ0n) is 53.0. The molecule has 6 rings (SSSR count). The summed E-state index contributed by atoms with van der Waals surface area (Å²) < 4.78 is 48.0. The molecule has 0 radical (unpaired) electrons. The maximum Gasteiger partial charge on any atom is 0.259 e. The molecule has 0 spiro atoms. The average molecular weight is 1150 g/mol. The lowest BCUT2D eigenvalue weighted by atomic mass is 9.80. The standard InChI is InChI=1S/C70H104N3O8P/c1-50(2)25-21-26-53(7)27-22-28-54(8)29-23-42-69(12)43-41-65-57(11)67(55(9)56(10)68(65)80-69)77-45-20-16-19-32-66(74)72-48-64(81-82(79-46-24-44-71)73(51(3)4)52(5)6)47-61(72)49-78-70(58-30-17-15-18-31-58,59-33-37-62(75-13)38-34-59)60-35-39-63(76-14)40-36-60/h15,17-18,30-31,33-40,50-54,61,64H,16,19-29,32,41-43,45-49H2,1-14H3/t53-,54-,61+,64-,69-,82?/m1/s1. The molecule has 11 nitrogen and oxygen atoms in total. The third-order valence-electron chi connectivity index (χ3n) is 17.4. The number of nitrogens with zero attached hydrogens (tertiary/aromatic N) is 3. The van der Waals surface area contributed by atoms with Gasteiger partial charge in [0.05, 0.1) is 58.7 Å². The summed E-state index contributed by atoms with van der Waals surface area (Å²) in [7, 11) is 1.80. The molecular weight excluding hydrogens is 1040 g/mol. The van der Waals surface area contributed by atoms with E-state index in [1.54, 1.807) is 14.2 Å². The fraction of sp³-hybridized carbons (Fsp3) is 0.629. The van der Waals surface area contributed by atoms with Crippen molar-refractivity contribution in [3.05, 3.63) is 118 Å². The number of nitriles is 1. The lowest BCUT2D eigenvalue weighted by Gasteiger charge is -2.38. The van der Waals surface area contributed by atoms with Gasteiger partial charge in [-0.05, 0) is 182 Å². The van der Waals surface area contributed by atoms with Crippen molar-refractivity contribution in [2.75, 3.05) is 40.6 Å². The van der Waals surface area contributed by atoms with Gasteiger partial charge in [0.15, 0.2) is 0 Å². The predicted molar refractivity (Wildman–Crippen MR) is 335 cm³/mol. The van der Waals surface area contributed by atoms with Crippen LogP contribution >= 0.6 is 8.53 Å². The van der Waals surface area contributed by atoms with Crippen LogP contribution in [0.4, 0.5) is 0 Å². The minimum absolute atomic E-state index is 0.0746. The molecule has 12 heteroatoms. The maximum atomic E-state index is 14.7. The predicted octanol–water partition coefficient (Wildman–Crippen LogP) is 17.4. The number of carbonyl (C=O) groups excluding carboxylic acids is 1. The Morgan fingerprint density at radius 1 is 0.744 bits per heavy atom. The molecular formula is C70H104N3O8P. The number of unbranched alkanes of at least 4 members (excludes halogenated alkanes) is 2. The molecule has 2 aliphatic heterocycles. The number of benzene rings is 4. The zero-order chi connectivity index (χ0) is 59.4. The lowest BCUT2D eigenvalue weighted by molar-refractivity contribution is -0.134. The van der Waals surface area contributed by atoms with E-state index in [2.05, 4.69) is 130 Å². The molecule has 0 bridgehead atoms. The monoisotopic (exact) mass is 1150 g/mol. The van der Waals surface area contributed by atoms with Crippen LogP contribution in [0.15, 0.2) is 78.9 Å². The van der Waals surface area contributed by atoms with Gasteiger partial charge in [-0.3, -0.25) is 4.79 Å². The molecule has 1 amide bonds. The van der Waals surface area contributed by atoms with Gasteiger partial charge >= 0.3 is 0 Å². The van der Waals surface area contributed by atoms with Crippen LogP contribution in [-0.4, -0.2) is 85.9 Å². The molecule has 6 atom stereocenters. The van der Waals surface area contributed by atoms with Crippen molar-refractivity contribution in [1.82, 2.24) is 9.57 Å². The van der Waals surface area contributed by atoms with Crippen LogP contribution in [-0.2, 0) is 30.6 Å². The van der Waals surface area contributed by atoms with Crippen molar-refractivity contribution in [2.45, 2.75) is 228 Å². The summed E-state index contributed by atoms with van der Waals surface area (Å²) in [5.41, 5.74) is 6.41. The minimum atomic E-state index is -1.54. The van der Waals surface area contributed by atoms with Gasteiger partial charge in [0.2, 0.25) is 5.91 Å². The first-order valence-corrected chi connectivity index (χ1v) is 32.4. The van der Waals surface area contributed by atoms with Crippen LogP contribution in [0.25, 0.3) is 0 Å². The molecule has 1 unspecified atom stereocenters. The van der Waals surface area contributed by atoms with Gasteiger partial charge in [-0.25, -0.2) is 4.67 Å². The Hall–Kier alpha value is -4.69. The van der Waals surface area contributed by atoms with E-state index in [4.69, 9.17) is 32.7 Å². The van der Waals surface area contributed by atoms with Gasteiger partial charge in [0.1, 0.15) is 34.2 Å². The van der Waals surface area contributed by atoms with Crippen LogP contribution in [0.1, 0.15) is 204 Å². The summed E-state index contributed by atoms with van der Waals surface area (Å²) in [4.78, 5) is 16.7. The van der Waals surface area contributed by atoms with Crippen molar-refractivity contribution in [1.29, 1.82) is 5.26 Å².